The van der Waals surface area contributed by atoms with Gasteiger partial charge in [0.1, 0.15) is 12.1 Å². The predicted molar refractivity (Wildman–Crippen MR) is 61.6 cm³/mol. The summed E-state index contributed by atoms with van der Waals surface area (Å²) in [6.45, 7) is 4.57. The zero-order chi connectivity index (χ0) is 12.1. The van der Waals surface area contributed by atoms with E-state index in [-0.39, 0.29) is 6.42 Å². The van der Waals surface area contributed by atoms with Gasteiger partial charge < -0.3 is 10.0 Å². The van der Waals surface area contributed by atoms with Gasteiger partial charge in [0.2, 0.25) is 0 Å². The molecule has 1 aromatic heterocycles. The molecule has 0 amide bonds. The smallest absolute Gasteiger partial charge is 0.305 e. The average molecular weight is 223 g/mol. The van der Waals surface area contributed by atoms with Crippen LogP contribution in [-0.2, 0) is 4.79 Å². The minimum Gasteiger partial charge on any atom is -0.481 e. The summed E-state index contributed by atoms with van der Waals surface area (Å²) in [4.78, 5) is 20.6. The van der Waals surface area contributed by atoms with Crippen molar-refractivity contribution in [2.45, 2.75) is 26.2 Å². The summed E-state index contributed by atoms with van der Waals surface area (Å²) in [6, 6.07) is 1.90. The predicted octanol–water partition coefficient (Wildman–Crippen LogP) is 1.51. The van der Waals surface area contributed by atoms with Crippen LogP contribution in [0.1, 0.15) is 31.9 Å². The van der Waals surface area contributed by atoms with E-state index in [1.165, 1.54) is 6.33 Å². The van der Waals surface area contributed by atoms with E-state index in [2.05, 4.69) is 23.8 Å². The zero-order valence-electron chi connectivity index (χ0n) is 9.84. The molecule has 0 fully saturated rings. The maximum absolute atomic E-state index is 10.5. The van der Waals surface area contributed by atoms with Gasteiger partial charge in [0, 0.05) is 25.4 Å². The van der Waals surface area contributed by atoms with Crippen molar-refractivity contribution >= 4 is 11.8 Å². The second kappa shape index (κ2) is 5.44. The van der Waals surface area contributed by atoms with Crippen LogP contribution in [-0.4, -0.2) is 34.6 Å². The van der Waals surface area contributed by atoms with Crippen molar-refractivity contribution in [1.29, 1.82) is 0 Å². The highest BCUT2D eigenvalue weighted by Crippen LogP contribution is 2.15. The maximum Gasteiger partial charge on any atom is 0.305 e. The first kappa shape index (κ1) is 12.4. The summed E-state index contributed by atoms with van der Waals surface area (Å²) in [5, 5.41) is 8.59. The number of carbonyl (C=O) groups is 1. The third-order valence-electron chi connectivity index (χ3n) is 2.32. The van der Waals surface area contributed by atoms with Gasteiger partial charge in [-0.1, -0.05) is 13.8 Å². The zero-order valence-corrected chi connectivity index (χ0v) is 9.84. The Morgan fingerprint density at radius 1 is 1.50 bits per heavy atom. The fourth-order valence-corrected chi connectivity index (χ4v) is 1.26. The molecule has 88 valence electrons. The Hall–Kier alpha value is -1.65. The normalized spacial score (nSPS) is 10.5. The van der Waals surface area contributed by atoms with Crippen molar-refractivity contribution in [3.05, 3.63) is 18.1 Å². The lowest BCUT2D eigenvalue weighted by Gasteiger charge is -2.17. The van der Waals surface area contributed by atoms with Crippen molar-refractivity contribution in [1.82, 2.24) is 9.97 Å². The van der Waals surface area contributed by atoms with Gasteiger partial charge in [0.15, 0.2) is 0 Å². The van der Waals surface area contributed by atoms with Gasteiger partial charge in [0.25, 0.3) is 0 Å². The molecule has 16 heavy (non-hydrogen) atoms. The third-order valence-corrected chi connectivity index (χ3v) is 2.32. The summed E-state index contributed by atoms with van der Waals surface area (Å²) >= 11 is 0. The van der Waals surface area contributed by atoms with E-state index in [4.69, 9.17) is 5.11 Å². The van der Waals surface area contributed by atoms with Crippen LogP contribution in [0.15, 0.2) is 12.4 Å². The number of aliphatic carboxylic acids is 1. The standard InChI is InChI=1S/C11H17N3O2/c1-8(2)9-6-10(13-7-12-9)14(3)5-4-11(15)16/h6-8H,4-5H2,1-3H3,(H,15,16). The van der Waals surface area contributed by atoms with Crippen molar-refractivity contribution in [3.8, 4) is 0 Å². The highest BCUT2D eigenvalue weighted by atomic mass is 16.4. The molecule has 5 heteroatoms. The molecular weight excluding hydrogens is 206 g/mol. The van der Waals surface area contributed by atoms with E-state index < -0.39 is 5.97 Å². The second-order valence-corrected chi connectivity index (χ2v) is 4.02. The molecule has 0 spiro atoms. The van der Waals surface area contributed by atoms with Crippen molar-refractivity contribution in [2.75, 3.05) is 18.5 Å². The van der Waals surface area contributed by atoms with Crippen molar-refractivity contribution in [2.24, 2.45) is 0 Å². The summed E-state index contributed by atoms with van der Waals surface area (Å²) in [7, 11) is 1.83. The van der Waals surface area contributed by atoms with Gasteiger partial charge in [-0.15, -0.1) is 0 Å². The van der Waals surface area contributed by atoms with Crippen LogP contribution in [0.5, 0.6) is 0 Å². The monoisotopic (exact) mass is 223 g/mol. The Kier molecular flexibility index (Phi) is 4.22. The van der Waals surface area contributed by atoms with Crippen LogP contribution in [0.2, 0.25) is 0 Å². The molecule has 1 N–H and O–H groups in total. The fraction of sp³-hybridized carbons (Fsp3) is 0.545. The first-order valence-corrected chi connectivity index (χ1v) is 5.25. The Balaban J connectivity index is 2.71. The highest BCUT2D eigenvalue weighted by molar-refractivity contribution is 5.67. The largest absolute Gasteiger partial charge is 0.481 e. The molecular formula is C11H17N3O2. The molecule has 0 radical (unpaired) electrons. The molecule has 1 aromatic rings. The molecule has 0 aliphatic rings. The fourth-order valence-electron chi connectivity index (χ4n) is 1.26. The molecule has 0 unspecified atom stereocenters. The van der Waals surface area contributed by atoms with Crippen molar-refractivity contribution in [3.63, 3.8) is 0 Å². The lowest BCUT2D eigenvalue weighted by Crippen LogP contribution is -2.22. The van der Waals surface area contributed by atoms with Gasteiger partial charge in [-0.2, -0.15) is 0 Å². The van der Waals surface area contributed by atoms with Crippen LogP contribution in [0, 0.1) is 0 Å². The van der Waals surface area contributed by atoms with Gasteiger partial charge in [-0.05, 0) is 5.92 Å². The summed E-state index contributed by atoms with van der Waals surface area (Å²) in [6.07, 6.45) is 1.62. The summed E-state index contributed by atoms with van der Waals surface area (Å²) in [5.74, 6) is 0.305. The number of hydrogen-bond acceptors (Lipinski definition) is 4. The number of carboxylic acid groups (broad SMARTS) is 1. The number of hydrogen-bond donors (Lipinski definition) is 1. The number of nitrogens with zero attached hydrogens (tertiary/aromatic N) is 3. The van der Waals surface area contributed by atoms with Crippen LogP contribution < -0.4 is 4.90 Å². The second-order valence-electron chi connectivity index (χ2n) is 4.02. The van der Waals surface area contributed by atoms with E-state index in [0.29, 0.717) is 12.5 Å². The first-order chi connectivity index (χ1) is 7.50. The SMILES string of the molecule is CC(C)c1cc(N(C)CCC(=O)O)ncn1. The van der Waals surface area contributed by atoms with E-state index in [1.807, 2.05) is 18.0 Å². The Morgan fingerprint density at radius 2 is 2.19 bits per heavy atom. The summed E-state index contributed by atoms with van der Waals surface area (Å²) in [5.41, 5.74) is 0.965. The number of rotatable bonds is 5. The average Bonchev–Trinajstić information content (AvgIpc) is 2.26. The highest BCUT2D eigenvalue weighted by Gasteiger charge is 2.08. The van der Waals surface area contributed by atoms with E-state index >= 15 is 0 Å². The maximum atomic E-state index is 10.5. The van der Waals surface area contributed by atoms with Crippen LogP contribution in [0.4, 0.5) is 5.82 Å². The first-order valence-electron chi connectivity index (χ1n) is 5.25. The lowest BCUT2D eigenvalue weighted by atomic mass is 10.1. The van der Waals surface area contributed by atoms with Crippen LogP contribution >= 0.6 is 0 Å². The number of carboxylic acids is 1. The van der Waals surface area contributed by atoms with E-state index in [9.17, 15) is 4.79 Å². The Labute approximate surface area is 95.1 Å². The van der Waals surface area contributed by atoms with Gasteiger partial charge >= 0.3 is 5.97 Å². The van der Waals surface area contributed by atoms with E-state index in [1.54, 1.807) is 0 Å². The molecule has 0 saturated carbocycles. The molecule has 0 aromatic carbocycles. The Morgan fingerprint density at radius 3 is 2.75 bits per heavy atom. The van der Waals surface area contributed by atoms with Crippen LogP contribution in [0.25, 0.3) is 0 Å². The minimum absolute atomic E-state index is 0.109. The topological polar surface area (TPSA) is 66.3 Å². The number of anilines is 1. The molecule has 5 nitrogen and oxygen atoms in total. The molecule has 1 rings (SSSR count). The van der Waals surface area contributed by atoms with E-state index in [0.717, 1.165) is 11.5 Å². The Bertz CT molecular complexity index is 366. The van der Waals surface area contributed by atoms with Crippen LogP contribution in [0.3, 0.4) is 0 Å². The minimum atomic E-state index is -0.801. The molecule has 0 aliphatic carbocycles. The molecule has 1 heterocycles. The van der Waals surface area contributed by atoms with Crippen molar-refractivity contribution < 1.29 is 9.90 Å². The van der Waals surface area contributed by atoms with Gasteiger partial charge in [-0.3, -0.25) is 4.79 Å². The van der Waals surface area contributed by atoms with Gasteiger partial charge in [-0.25, -0.2) is 9.97 Å². The molecule has 0 saturated heterocycles. The number of aromatic nitrogens is 2. The molecule has 0 atom stereocenters. The quantitative estimate of drug-likeness (QED) is 0.819. The molecule has 0 aliphatic heterocycles. The summed E-state index contributed by atoms with van der Waals surface area (Å²) < 4.78 is 0. The molecule has 0 bridgehead atoms. The third kappa shape index (κ3) is 3.49. The van der Waals surface area contributed by atoms with Gasteiger partial charge in [0.05, 0.1) is 6.42 Å². The lowest BCUT2D eigenvalue weighted by molar-refractivity contribution is -0.136.